The van der Waals surface area contributed by atoms with E-state index in [2.05, 4.69) is 11.8 Å². The largest absolute Gasteiger partial charge is 0.486 e. The first-order valence-electron chi connectivity index (χ1n) is 6.30. The van der Waals surface area contributed by atoms with Gasteiger partial charge < -0.3 is 24.8 Å². The van der Waals surface area contributed by atoms with Crippen LogP contribution in [0, 0.1) is 0 Å². The minimum atomic E-state index is 0.228. The van der Waals surface area contributed by atoms with Gasteiger partial charge in [0, 0.05) is 25.2 Å². The lowest BCUT2D eigenvalue weighted by Gasteiger charge is -2.34. The van der Waals surface area contributed by atoms with Crippen molar-refractivity contribution in [2.24, 2.45) is 0 Å². The summed E-state index contributed by atoms with van der Waals surface area (Å²) < 4.78 is 16.7. The summed E-state index contributed by atoms with van der Waals surface area (Å²) in [6, 6.07) is 3.83. The summed E-state index contributed by atoms with van der Waals surface area (Å²) >= 11 is 0. The van der Waals surface area contributed by atoms with Crippen LogP contribution in [0.5, 0.6) is 11.5 Å². The van der Waals surface area contributed by atoms with Gasteiger partial charge in [-0.3, -0.25) is 0 Å². The zero-order valence-electron chi connectivity index (χ0n) is 10.5. The number of anilines is 2. The molecule has 2 aliphatic rings. The third kappa shape index (κ3) is 2.06. The van der Waals surface area contributed by atoms with Gasteiger partial charge in [-0.25, -0.2) is 0 Å². The molecular weight excluding hydrogens is 232 g/mol. The number of rotatable bonds is 1. The minimum absolute atomic E-state index is 0.228. The molecule has 3 rings (SSSR count). The Labute approximate surface area is 106 Å². The molecule has 1 fully saturated rings. The number of fused-ring (bicyclic) bond motifs is 1. The summed E-state index contributed by atoms with van der Waals surface area (Å²) in [6.45, 7) is 5.68. The first kappa shape index (κ1) is 11.5. The zero-order valence-corrected chi connectivity index (χ0v) is 10.5. The fourth-order valence-corrected chi connectivity index (χ4v) is 2.40. The molecule has 2 heterocycles. The molecule has 1 aromatic rings. The highest BCUT2D eigenvalue weighted by Crippen LogP contribution is 2.38. The number of nitrogens with zero attached hydrogens (tertiary/aromatic N) is 1. The summed E-state index contributed by atoms with van der Waals surface area (Å²) in [5.41, 5.74) is 7.84. The van der Waals surface area contributed by atoms with Crippen molar-refractivity contribution in [3.05, 3.63) is 12.1 Å². The van der Waals surface area contributed by atoms with Crippen molar-refractivity contribution in [1.29, 1.82) is 0 Å². The van der Waals surface area contributed by atoms with E-state index >= 15 is 0 Å². The summed E-state index contributed by atoms with van der Waals surface area (Å²) in [4.78, 5) is 2.24. The van der Waals surface area contributed by atoms with Gasteiger partial charge in [-0.05, 0) is 6.92 Å². The maximum absolute atomic E-state index is 6.10. The Hall–Kier alpha value is -1.62. The molecule has 2 aliphatic heterocycles. The summed E-state index contributed by atoms with van der Waals surface area (Å²) in [6.07, 6.45) is 0.228. The highest BCUT2D eigenvalue weighted by Gasteiger charge is 2.22. The summed E-state index contributed by atoms with van der Waals surface area (Å²) in [5, 5.41) is 0. The molecule has 1 atom stereocenters. The van der Waals surface area contributed by atoms with Crippen LogP contribution >= 0.6 is 0 Å². The second kappa shape index (κ2) is 4.57. The highest BCUT2D eigenvalue weighted by molar-refractivity contribution is 5.73. The lowest BCUT2D eigenvalue weighted by Crippen LogP contribution is -2.41. The molecule has 5 heteroatoms. The van der Waals surface area contributed by atoms with Gasteiger partial charge in [0.1, 0.15) is 13.2 Å². The number of nitrogen functional groups attached to an aromatic ring is 1. The van der Waals surface area contributed by atoms with E-state index in [9.17, 15) is 0 Å². The third-order valence-electron chi connectivity index (χ3n) is 3.27. The molecule has 1 unspecified atom stereocenters. The molecule has 1 aromatic carbocycles. The second-order valence-corrected chi connectivity index (χ2v) is 4.68. The fourth-order valence-electron chi connectivity index (χ4n) is 2.40. The normalized spacial score (nSPS) is 22.9. The molecule has 2 N–H and O–H groups in total. The van der Waals surface area contributed by atoms with Crippen LogP contribution in [-0.4, -0.2) is 39.0 Å². The predicted molar refractivity (Wildman–Crippen MR) is 69.5 cm³/mol. The summed E-state index contributed by atoms with van der Waals surface area (Å²) in [7, 11) is 0. The number of ether oxygens (including phenoxy) is 3. The number of hydrogen-bond donors (Lipinski definition) is 1. The maximum Gasteiger partial charge on any atom is 0.163 e. The van der Waals surface area contributed by atoms with Crippen molar-refractivity contribution in [3.63, 3.8) is 0 Å². The smallest absolute Gasteiger partial charge is 0.163 e. The van der Waals surface area contributed by atoms with Gasteiger partial charge in [-0.2, -0.15) is 0 Å². The number of nitrogens with two attached hydrogens (primary N) is 1. The van der Waals surface area contributed by atoms with Crippen LogP contribution in [0.25, 0.3) is 0 Å². The molecule has 0 aromatic heterocycles. The van der Waals surface area contributed by atoms with Gasteiger partial charge in [0.05, 0.1) is 24.1 Å². The van der Waals surface area contributed by atoms with Crippen LogP contribution in [0.3, 0.4) is 0 Å². The Morgan fingerprint density at radius 2 is 1.89 bits per heavy atom. The van der Waals surface area contributed by atoms with E-state index in [-0.39, 0.29) is 6.10 Å². The molecule has 0 saturated carbocycles. The van der Waals surface area contributed by atoms with Gasteiger partial charge in [-0.15, -0.1) is 0 Å². The van der Waals surface area contributed by atoms with E-state index in [1.165, 1.54) is 0 Å². The molecule has 98 valence electrons. The van der Waals surface area contributed by atoms with Crippen molar-refractivity contribution in [3.8, 4) is 11.5 Å². The maximum atomic E-state index is 6.10. The lowest BCUT2D eigenvalue weighted by atomic mass is 10.2. The van der Waals surface area contributed by atoms with Crippen LogP contribution in [0.4, 0.5) is 11.4 Å². The second-order valence-electron chi connectivity index (χ2n) is 4.68. The van der Waals surface area contributed by atoms with Crippen LogP contribution < -0.4 is 20.1 Å². The molecular formula is C13H18N2O3. The third-order valence-corrected chi connectivity index (χ3v) is 3.27. The fraction of sp³-hybridized carbons (Fsp3) is 0.538. The summed E-state index contributed by atoms with van der Waals surface area (Å²) in [5.74, 6) is 1.52. The van der Waals surface area contributed by atoms with E-state index in [1.807, 2.05) is 12.1 Å². The molecule has 0 bridgehead atoms. The van der Waals surface area contributed by atoms with Gasteiger partial charge in [0.25, 0.3) is 0 Å². The number of benzene rings is 1. The quantitative estimate of drug-likeness (QED) is 0.761. The highest BCUT2D eigenvalue weighted by atomic mass is 16.6. The van der Waals surface area contributed by atoms with Crippen molar-refractivity contribution in [1.82, 2.24) is 0 Å². The van der Waals surface area contributed by atoms with Crippen molar-refractivity contribution in [2.75, 3.05) is 43.5 Å². The molecule has 0 spiro atoms. The Balaban J connectivity index is 1.91. The Morgan fingerprint density at radius 1 is 1.17 bits per heavy atom. The van der Waals surface area contributed by atoms with Crippen LogP contribution in [0.15, 0.2) is 12.1 Å². The SMILES string of the molecule is CC1CN(c2cc3c(cc2N)OCCO3)CCO1. The number of morpholine rings is 1. The van der Waals surface area contributed by atoms with Gasteiger partial charge in [-0.1, -0.05) is 0 Å². The van der Waals surface area contributed by atoms with Gasteiger partial charge in [0.2, 0.25) is 0 Å². The van der Waals surface area contributed by atoms with Crippen LogP contribution in [0.2, 0.25) is 0 Å². The van der Waals surface area contributed by atoms with Crippen molar-refractivity contribution >= 4 is 11.4 Å². The van der Waals surface area contributed by atoms with Crippen molar-refractivity contribution in [2.45, 2.75) is 13.0 Å². The molecule has 0 amide bonds. The topological polar surface area (TPSA) is 57.0 Å². The first-order valence-corrected chi connectivity index (χ1v) is 6.30. The Kier molecular flexibility index (Phi) is 2.91. The van der Waals surface area contributed by atoms with Crippen LogP contribution in [-0.2, 0) is 4.74 Å². The molecule has 1 saturated heterocycles. The lowest BCUT2D eigenvalue weighted by molar-refractivity contribution is 0.0532. The Bertz CT molecular complexity index is 450. The van der Waals surface area contributed by atoms with Gasteiger partial charge >= 0.3 is 0 Å². The average molecular weight is 250 g/mol. The standard InChI is InChI=1S/C13H18N2O3/c1-9-8-15(2-3-16-9)11-7-13-12(6-10(11)14)17-4-5-18-13/h6-7,9H,2-5,8,14H2,1H3. The predicted octanol–water partition coefficient (Wildman–Crippen LogP) is 1.27. The average Bonchev–Trinajstić information content (AvgIpc) is 2.38. The van der Waals surface area contributed by atoms with E-state index in [0.717, 1.165) is 42.6 Å². The van der Waals surface area contributed by atoms with Gasteiger partial charge in [0.15, 0.2) is 11.5 Å². The minimum Gasteiger partial charge on any atom is -0.486 e. The molecule has 5 nitrogen and oxygen atoms in total. The molecule has 0 aliphatic carbocycles. The Morgan fingerprint density at radius 3 is 2.61 bits per heavy atom. The van der Waals surface area contributed by atoms with E-state index in [1.54, 1.807) is 0 Å². The van der Waals surface area contributed by atoms with Crippen molar-refractivity contribution < 1.29 is 14.2 Å². The zero-order chi connectivity index (χ0) is 12.5. The van der Waals surface area contributed by atoms with Crippen LogP contribution in [0.1, 0.15) is 6.92 Å². The van der Waals surface area contributed by atoms with E-state index in [0.29, 0.717) is 13.2 Å². The van der Waals surface area contributed by atoms with E-state index in [4.69, 9.17) is 19.9 Å². The molecule has 18 heavy (non-hydrogen) atoms. The number of hydrogen-bond acceptors (Lipinski definition) is 5. The monoisotopic (exact) mass is 250 g/mol. The first-order chi connectivity index (χ1) is 8.74. The van der Waals surface area contributed by atoms with E-state index < -0.39 is 0 Å². The molecule has 0 radical (unpaired) electrons.